The Morgan fingerprint density at radius 1 is 1.19 bits per heavy atom. The maximum absolute atomic E-state index is 13.9. The summed E-state index contributed by atoms with van der Waals surface area (Å²) in [6.07, 6.45) is 0.642. The van der Waals surface area contributed by atoms with Gasteiger partial charge in [0.1, 0.15) is 17.3 Å². The van der Waals surface area contributed by atoms with Crippen molar-refractivity contribution in [3.63, 3.8) is 0 Å². The van der Waals surface area contributed by atoms with Crippen LogP contribution in [0.4, 0.5) is 10.1 Å². The molecule has 2 heterocycles. The molecule has 174 valence electrons. The third kappa shape index (κ3) is 5.74. The summed E-state index contributed by atoms with van der Waals surface area (Å²) in [5.41, 5.74) is 2.78. The highest BCUT2D eigenvalue weighted by atomic mass is 127. The molecule has 1 N–H and O–H groups in total. The number of hydrogen-bond donors (Lipinski definition) is 1. The van der Waals surface area contributed by atoms with Crippen LogP contribution in [-0.2, 0) is 17.8 Å². The minimum Gasteiger partial charge on any atom is -0.497 e. The SMILES string of the molecule is CN=C(NCCc1cc(F)cc2c1OCOC2)N1CCN(c2cccc(OC)c2)CC1.I. The van der Waals surface area contributed by atoms with Crippen molar-refractivity contribution in [2.45, 2.75) is 13.0 Å². The fourth-order valence-corrected chi connectivity index (χ4v) is 4.07. The van der Waals surface area contributed by atoms with Crippen LogP contribution in [0.3, 0.4) is 0 Å². The summed E-state index contributed by atoms with van der Waals surface area (Å²) in [7, 11) is 3.48. The summed E-state index contributed by atoms with van der Waals surface area (Å²) >= 11 is 0. The van der Waals surface area contributed by atoms with E-state index < -0.39 is 0 Å². The van der Waals surface area contributed by atoms with Gasteiger partial charge in [0.25, 0.3) is 0 Å². The topological polar surface area (TPSA) is 58.6 Å². The van der Waals surface area contributed by atoms with Crippen molar-refractivity contribution in [1.82, 2.24) is 10.2 Å². The van der Waals surface area contributed by atoms with E-state index in [0.717, 1.165) is 54.8 Å². The number of piperazine rings is 1. The Morgan fingerprint density at radius 2 is 2.00 bits per heavy atom. The van der Waals surface area contributed by atoms with Crippen molar-refractivity contribution in [2.75, 3.05) is 58.6 Å². The van der Waals surface area contributed by atoms with Crippen molar-refractivity contribution >= 4 is 35.6 Å². The number of halogens is 2. The van der Waals surface area contributed by atoms with E-state index in [0.29, 0.717) is 19.6 Å². The van der Waals surface area contributed by atoms with E-state index in [2.05, 4.69) is 32.2 Å². The largest absolute Gasteiger partial charge is 0.497 e. The van der Waals surface area contributed by atoms with Crippen LogP contribution >= 0.6 is 24.0 Å². The first kappa shape index (κ1) is 24.4. The molecule has 1 fully saturated rings. The smallest absolute Gasteiger partial charge is 0.193 e. The zero-order chi connectivity index (χ0) is 21.6. The van der Waals surface area contributed by atoms with E-state index in [1.807, 2.05) is 12.1 Å². The number of nitrogens with one attached hydrogen (secondary N) is 1. The maximum atomic E-state index is 13.9. The fraction of sp³-hybridized carbons (Fsp3) is 0.435. The lowest BCUT2D eigenvalue weighted by Crippen LogP contribution is -2.52. The van der Waals surface area contributed by atoms with Crippen LogP contribution in [0.2, 0.25) is 0 Å². The number of guanidine groups is 1. The lowest BCUT2D eigenvalue weighted by atomic mass is 10.1. The van der Waals surface area contributed by atoms with Crippen LogP contribution in [-0.4, -0.2) is 64.5 Å². The minimum absolute atomic E-state index is 0. The highest BCUT2D eigenvalue weighted by Gasteiger charge is 2.21. The molecule has 4 rings (SSSR count). The van der Waals surface area contributed by atoms with Gasteiger partial charge in [0.2, 0.25) is 0 Å². The molecule has 0 unspecified atom stereocenters. The van der Waals surface area contributed by atoms with Gasteiger partial charge in [-0.05, 0) is 36.2 Å². The molecule has 2 aromatic carbocycles. The number of nitrogens with zero attached hydrogens (tertiary/aromatic N) is 3. The zero-order valence-electron chi connectivity index (χ0n) is 18.5. The molecule has 0 spiro atoms. The van der Waals surface area contributed by atoms with Crippen molar-refractivity contribution in [1.29, 1.82) is 0 Å². The van der Waals surface area contributed by atoms with Crippen molar-refractivity contribution in [2.24, 2.45) is 4.99 Å². The molecule has 9 heteroatoms. The lowest BCUT2D eigenvalue weighted by Gasteiger charge is -2.37. The monoisotopic (exact) mass is 556 g/mol. The first-order chi connectivity index (χ1) is 15.2. The number of rotatable bonds is 5. The molecular formula is C23H30FIN4O3. The molecule has 1 saturated heterocycles. The van der Waals surface area contributed by atoms with Gasteiger partial charge in [-0.1, -0.05) is 6.07 Å². The van der Waals surface area contributed by atoms with Gasteiger partial charge in [0.05, 0.1) is 13.7 Å². The van der Waals surface area contributed by atoms with Gasteiger partial charge >= 0.3 is 0 Å². The predicted octanol–water partition coefficient (Wildman–Crippen LogP) is 3.26. The van der Waals surface area contributed by atoms with Gasteiger partial charge < -0.3 is 29.3 Å². The highest BCUT2D eigenvalue weighted by Crippen LogP contribution is 2.29. The van der Waals surface area contributed by atoms with Crippen LogP contribution < -0.4 is 19.7 Å². The van der Waals surface area contributed by atoms with E-state index >= 15 is 0 Å². The van der Waals surface area contributed by atoms with E-state index in [1.54, 1.807) is 20.2 Å². The van der Waals surface area contributed by atoms with Crippen molar-refractivity contribution < 1.29 is 18.6 Å². The van der Waals surface area contributed by atoms with Crippen molar-refractivity contribution in [3.05, 3.63) is 53.3 Å². The number of ether oxygens (including phenoxy) is 3. The zero-order valence-corrected chi connectivity index (χ0v) is 20.8. The number of anilines is 1. The molecule has 2 aromatic rings. The summed E-state index contributed by atoms with van der Waals surface area (Å²) in [6.45, 7) is 4.77. The summed E-state index contributed by atoms with van der Waals surface area (Å²) in [4.78, 5) is 9.04. The number of aliphatic imine (C=N–C) groups is 1. The Labute approximate surface area is 205 Å². The molecule has 0 bridgehead atoms. The molecule has 0 radical (unpaired) electrons. The number of hydrogen-bond acceptors (Lipinski definition) is 5. The van der Waals surface area contributed by atoms with E-state index in [1.165, 1.54) is 11.8 Å². The van der Waals surface area contributed by atoms with Gasteiger partial charge in [-0.25, -0.2) is 4.39 Å². The molecule has 2 aliphatic rings. The van der Waals surface area contributed by atoms with E-state index in [4.69, 9.17) is 14.2 Å². The summed E-state index contributed by atoms with van der Waals surface area (Å²) in [6, 6.07) is 11.2. The molecule has 7 nitrogen and oxygen atoms in total. The molecule has 0 saturated carbocycles. The van der Waals surface area contributed by atoms with Gasteiger partial charge in [-0.2, -0.15) is 0 Å². The molecule has 0 aromatic heterocycles. The normalized spacial score (nSPS) is 16.0. The third-order valence-electron chi connectivity index (χ3n) is 5.64. The van der Waals surface area contributed by atoms with Crippen LogP contribution in [0.15, 0.2) is 41.4 Å². The Bertz CT molecular complexity index is 935. The maximum Gasteiger partial charge on any atom is 0.193 e. The molecule has 32 heavy (non-hydrogen) atoms. The molecule has 0 amide bonds. The highest BCUT2D eigenvalue weighted by molar-refractivity contribution is 14.0. The summed E-state index contributed by atoms with van der Waals surface area (Å²) in [5, 5.41) is 3.41. The first-order valence-electron chi connectivity index (χ1n) is 10.5. The Hall–Kier alpha value is -2.27. The van der Waals surface area contributed by atoms with Crippen LogP contribution in [0.5, 0.6) is 11.5 Å². The number of methoxy groups -OCH3 is 1. The van der Waals surface area contributed by atoms with Crippen LogP contribution in [0.1, 0.15) is 11.1 Å². The van der Waals surface area contributed by atoms with E-state index in [9.17, 15) is 4.39 Å². The second kappa shape index (κ2) is 11.6. The Morgan fingerprint density at radius 3 is 2.75 bits per heavy atom. The molecule has 2 aliphatic heterocycles. The molecular weight excluding hydrogens is 526 g/mol. The molecule has 0 atom stereocenters. The summed E-state index contributed by atoms with van der Waals surface area (Å²) in [5.74, 6) is 2.21. The standard InChI is InChI=1S/C23H29FN4O3.HI/c1-25-23(26-7-6-17-12-19(24)13-18-15-30-16-31-22(17)18)28-10-8-27(9-11-28)20-4-3-5-21(14-20)29-2;/h3-5,12-14H,6-11,15-16H2,1-2H3,(H,25,26);1H. The number of benzene rings is 2. The second-order valence-electron chi connectivity index (χ2n) is 7.56. The second-order valence-corrected chi connectivity index (χ2v) is 7.56. The summed E-state index contributed by atoms with van der Waals surface area (Å²) < 4.78 is 30.2. The van der Waals surface area contributed by atoms with Gasteiger partial charge in [0, 0.05) is 57.1 Å². The third-order valence-corrected chi connectivity index (χ3v) is 5.64. The lowest BCUT2D eigenvalue weighted by molar-refractivity contribution is -0.0172. The van der Waals surface area contributed by atoms with Crippen LogP contribution in [0.25, 0.3) is 0 Å². The van der Waals surface area contributed by atoms with E-state index in [-0.39, 0.29) is 36.6 Å². The van der Waals surface area contributed by atoms with Crippen molar-refractivity contribution in [3.8, 4) is 11.5 Å². The van der Waals surface area contributed by atoms with Gasteiger partial charge in [-0.15, -0.1) is 24.0 Å². The predicted molar refractivity (Wildman–Crippen MR) is 134 cm³/mol. The quantitative estimate of drug-likeness (QED) is 0.347. The Balaban J connectivity index is 0.00000289. The Kier molecular flexibility index (Phi) is 8.80. The molecule has 0 aliphatic carbocycles. The minimum atomic E-state index is -0.263. The average Bonchev–Trinajstić information content (AvgIpc) is 2.82. The number of fused-ring (bicyclic) bond motifs is 1. The van der Waals surface area contributed by atoms with Gasteiger partial charge in [-0.3, -0.25) is 4.99 Å². The van der Waals surface area contributed by atoms with Gasteiger partial charge in [0.15, 0.2) is 12.8 Å². The average molecular weight is 556 g/mol. The fourth-order valence-electron chi connectivity index (χ4n) is 4.07. The van der Waals surface area contributed by atoms with Crippen LogP contribution in [0, 0.1) is 5.82 Å². The first-order valence-corrected chi connectivity index (χ1v) is 10.5.